The van der Waals surface area contributed by atoms with E-state index >= 15 is 0 Å². The second-order valence-corrected chi connectivity index (χ2v) is 4.34. The van der Waals surface area contributed by atoms with E-state index in [-0.39, 0.29) is 4.47 Å². The summed E-state index contributed by atoms with van der Waals surface area (Å²) in [6.45, 7) is -1.98. The molecule has 0 fully saturated rings. The highest BCUT2D eigenvalue weighted by atomic mass is 79.9. The average molecular weight is 336 g/mol. The van der Waals surface area contributed by atoms with Crippen LogP contribution in [0.25, 0.3) is 0 Å². The van der Waals surface area contributed by atoms with Crippen LogP contribution in [0, 0.1) is 11.6 Å². The van der Waals surface area contributed by atoms with Gasteiger partial charge in [-0.15, -0.1) is 0 Å². The number of halogens is 7. The van der Waals surface area contributed by atoms with Gasteiger partial charge in [-0.2, -0.15) is 8.78 Å². The van der Waals surface area contributed by atoms with E-state index < -0.39 is 42.6 Å². The molecule has 0 saturated heterocycles. The molecule has 1 N–H and O–H groups in total. The molecule has 1 nitrogen and oxygen atoms in total. The Morgan fingerprint density at radius 3 is 2.39 bits per heavy atom. The first-order chi connectivity index (χ1) is 8.25. The van der Waals surface area contributed by atoms with E-state index in [1.807, 2.05) is 5.32 Å². The van der Waals surface area contributed by atoms with Crippen LogP contribution in [0.4, 0.5) is 26.3 Å². The standard InChI is InChI=1S/C10H8BrF6N/c11-6-1-2-7(12)5(8(6)13)3-18-4-10(16,17)9(14)15/h1-2,9,18H,3-4H2. The fraction of sp³-hybridized carbons (Fsp3) is 0.400. The number of hydrogen-bond donors (Lipinski definition) is 1. The summed E-state index contributed by atoms with van der Waals surface area (Å²) in [5.74, 6) is -6.13. The Labute approximate surface area is 107 Å². The van der Waals surface area contributed by atoms with Gasteiger partial charge >= 0.3 is 12.3 Å². The minimum absolute atomic E-state index is 0.0404. The molecule has 0 aliphatic carbocycles. The number of rotatable bonds is 5. The molecular formula is C10H8BrF6N. The molecule has 0 spiro atoms. The Kier molecular flexibility index (Phi) is 5.03. The first-order valence-corrected chi connectivity index (χ1v) is 5.54. The predicted octanol–water partition coefficient (Wildman–Crippen LogP) is 3.72. The molecule has 1 rings (SSSR count). The molecule has 102 valence electrons. The van der Waals surface area contributed by atoms with Crippen LogP contribution in [-0.2, 0) is 6.54 Å². The Hall–Kier alpha value is -0.760. The van der Waals surface area contributed by atoms with Gasteiger partial charge < -0.3 is 5.32 Å². The van der Waals surface area contributed by atoms with Crippen LogP contribution in [0.1, 0.15) is 5.56 Å². The van der Waals surface area contributed by atoms with Crippen molar-refractivity contribution in [3.8, 4) is 0 Å². The maximum atomic E-state index is 13.4. The second-order valence-electron chi connectivity index (χ2n) is 3.49. The van der Waals surface area contributed by atoms with Crippen LogP contribution >= 0.6 is 15.9 Å². The molecule has 0 aromatic heterocycles. The van der Waals surface area contributed by atoms with Crippen LogP contribution in [-0.4, -0.2) is 18.9 Å². The third-order valence-electron chi connectivity index (χ3n) is 2.12. The summed E-state index contributed by atoms with van der Waals surface area (Å²) >= 11 is 2.80. The molecule has 0 unspecified atom stereocenters. The summed E-state index contributed by atoms with van der Waals surface area (Å²) < 4.78 is 75.2. The minimum atomic E-state index is -4.24. The van der Waals surface area contributed by atoms with Gasteiger partial charge in [-0.25, -0.2) is 17.6 Å². The van der Waals surface area contributed by atoms with Gasteiger partial charge in [0.05, 0.1) is 11.0 Å². The third-order valence-corrected chi connectivity index (χ3v) is 2.73. The molecule has 0 atom stereocenters. The zero-order valence-electron chi connectivity index (χ0n) is 8.79. The molecule has 0 aliphatic heterocycles. The maximum Gasteiger partial charge on any atom is 0.319 e. The van der Waals surface area contributed by atoms with Gasteiger partial charge in [0, 0.05) is 12.1 Å². The lowest BCUT2D eigenvalue weighted by Crippen LogP contribution is -2.38. The van der Waals surface area contributed by atoms with Crippen molar-refractivity contribution in [2.45, 2.75) is 18.9 Å². The topological polar surface area (TPSA) is 12.0 Å². The van der Waals surface area contributed by atoms with Crippen molar-refractivity contribution in [3.05, 3.63) is 33.8 Å². The van der Waals surface area contributed by atoms with E-state index in [0.717, 1.165) is 12.1 Å². The molecule has 0 bridgehead atoms. The van der Waals surface area contributed by atoms with Crippen LogP contribution in [0.3, 0.4) is 0 Å². The Balaban J connectivity index is 2.68. The van der Waals surface area contributed by atoms with Gasteiger partial charge in [-0.1, -0.05) is 0 Å². The molecule has 0 amide bonds. The number of alkyl halides is 4. The van der Waals surface area contributed by atoms with Gasteiger partial charge in [0.2, 0.25) is 0 Å². The van der Waals surface area contributed by atoms with Gasteiger partial charge in [0.15, 0.2) is 0 Å². The van der Waals surface area contributed by atoms with Crippen LogP contribution in [0.2, 0.25) is 0 Å². The molecule has 1 aromatic carbocycles. The first kappa shape index (κ1) is 15.3. The lowest BCUT2D eigenvalue weighted by atomic mass is 10.2. The Morgan fingerprint density at radius 1 is 1.22 bits per heavy atom. The van der Waals surface area contributed by atoms with E-state index in [1.54, 1.807) is 0 Å². The number of benzene rings is 1. The van der Waals surface area contributed by atoms with Crippen molar-refractivity contribution in [1.82, 2.24) is 5.32 Å². The van der Waals surface area contributed by atoms with Crippen molar-refractivity contribution in [2.24, 2.45) is 0 Å². The van der Waals surface area contributed by atoms with Crippen LogP contribution < -0.4 is 5.32 Å². The summed E-state index contributed by atoms with van der Waals surface area (Å²) in [5, 5.41) is 1.90. The van der Waals surface area contributed by atoms with Crippen molar-refractivity contribution < 1.29 is 26.3 Å². The van der Waals surface area contributed by atoms with E-state index in [9.17, 15) is 26.3 Å². The molecular weight excluding hydrogens is 328 g/mol. The Bertz CT molecular complexity index is 423. The number of hydrogen-bond acceptors (Lipinski definition) is 1. The summed E-state index contributed by atoms with van der Waals surface area (Å²) in [4.78, 5) is 0. The molecule has 18 heavy (non-hydrogen) atoms. The van der Waals surface area contributed by atoms with Gasteiger partial charge in [0.25, 0.3) is 0 Å². The van der Waals surface area contributed by atoms with Gasteiger partial charge in [0.1, 0.15) is 11.6 Å². The van der Waals surface area contributed by atoms with Crippen molar-refractivity contribution in [2.75, 3.05) is 6.54 Å². The quantitative estimate of drug-likeness (QED) is 0.638. The maximum absolute atomic E-state index is 13.4. The van der Waals surface area contributed by atoms with E-state index in [2.05, 4.69) is 15.9 Å². The molecule has 8 heteroatoms. The fourth-order valence-electron chi connectivity index (χ4n) is 1.16. The first-order valence-electron chi connectivity index (χ1n) is 4.74. The Morgan fingerprint density at radius 2 is 1.83 bits per heavy atom. The van der Waals surface area contributed by atoms with Gasteiger partial charge in [-0.05, 0) is 28.1 Å². The highest BCUT2D eigenvalue weighted by Gasteiger charge is 2.40. The lowest BCUT2D eigenvalue weighted by Gasteiger charge is -2.16. The van der Waals surface area contributed by atoms with E-state index in [1.165, 1.54) is 0 Å². The normalized spacial score (nSPS) is 12.2. The van der Waals surface area contributed by atoms with Crippen LogP contribution in [0.15, 0.2) is 16.6 Å². The smallest absolute Gasteiger partial charge is 0.307 e. The minimum Gasteiger partial charge on any atom is -0.307 e. The van der Waals surface area contributed by atoms with E-state index in [0.29, 0.717) is 0 Å². The SMILES string of the molecule is Fc1ccc(Br)c(F)c1CNCC(F)(F)C(F)F. The summed E-state index contributed by atoms with van der Waals surface area (Å²) in [7, 11) is 0. The monoisotopic (exact) mass is 335 g/mol. The highest BCUT2D eigenvalue weighted by molar-refractivity contribution is 9.10. The van der Waals surface area contributed by atoms with E-state index in [4.69, 9.17) is 0 Å². The zero-order valence-corrected chi connectivity index (χ0v) is 10.4. The molecule has 0 saturated carbocycles. The lowest BCUT2D eigenvalue weighted by molar-refractivity contribution is -0.125. The fourth-order valence-corrected chi connectivity index (χ4v) is 1.53. The molecule has 0 heterocycles. The molecule has 0 radical (unpaired) electrons. The summed E-state index contributed by atoms with van der Waals surface area (Å²) in [6, 6.07) is 2.05. The molecule has 0 aliphatic rings. The summed E-state index contributed by atoms with van der Waals surface area (Å²) in [5.41, 5.74) is -0.491. The van der Waals surface area contributed by atoms with Crippen molar-refractivity contribution in [3.63, 3.8) is 0 Å². The summed E-state index contributed by atoms with van der Waals surface area (Å²) in [6.07, 6.45) is -3.83. The number of nitrogens with one attached hydrogen (secondary N) is 1. The van der Waals surface area contributed by atoms with Crippen molar-refractivity contribution >= 4 is 15.9 Å². The zero-order chi connectivity index (χ0) is 13.9. The second kappa shape index (κ2) is 5.92. The predicted molar refractivity (Wildman–Crippen MR) is 56.7 cm³/mol. The van der Waals surface area contributed by atoms with Crippen molar-refractivity contribution in [1.29, 1.82) is 0 Å². The average Bonchev–Trinajstić information content (AvgIpc) is 2.28. The van der Waals surface area contributed by atoms with Gasteiger partial charge in [-0.3, -0.25) is 0 Å². The largest absolute Gasteiger partial charge is 0.319 e. The molecule has 1 aromatic rings. The van der Waals surface area contributed by atoms with Crippen LogP contribution in [0.5, 0.6) is 0 Å². The third kappa shape index (κ3) is 3.61. The highest BCUT2D eigenvalue weighted by Crippen LogP contribution is 2.23.